The van der Waals surface area contributed by atoms with E-state index in [4.69, 9.17) is 5.73 Å². The lowest BCUT2D eigenvalue weighted by molar-refractivity contribution is 0.0997. The van der Waals surface area contributed by atoms with Gasteiger partial charge in [-0.05, 0) is 18.2 Å². The fourth-order valence-electron chi connectivity index (χ4n) is 1.17. The molecule has 66 valence electrons. The summed E-state index contributed by atoms with van der Waals surface area (Å²) < 4.78 is 12.8. The summed E-state index contributed by atoms with van der Waals surface area (Å²) in [5.74, 6) is -1.09. The highest BCUT2D eigenvalue weighted by Gasteiger charge is 2.10. The number of halogens is 1. The number of nitrogens with one attached hydrogen (secondary N) is 1. The number of hydrogen-bond acceptors (Lipinski definition) is 2. The first-order valence-corrected chi connectivity index (χ1v) is 3.62. The molecule has 0 fully saturated rings. The predicted molar refractivity (Wildman–Crippen MR) is 44.6 cm³/mol. The lowest BCUT2D eigenvalue weighted by Crippen LogP contribution is -2.11. The molecular formula is C8H6FN3O. The fourth-order valence-corrected chi connectivity index (χ4v) is 1.17. The zero-order chi connectivity index (χ0) is 9.42. The number of H-pyrrole nitrogens is 1. The van der Waals surface area contributed by atoms with Crippen molar-refractivity contribution in [1.82, 2.24) is 10.2 Å². The van der Waals surface area contributed by atoms with Gasteiger partial charge in [-0.15, -0.1) is 0 Å². The number of nitrogens with two attached hydrogens (primary N) is 1. The summed E-state index contributed by atoms with van der Waals surface area (Å²) in [6.45, 7) is 0. The van der Waals surface area contributed by atoms with Crippen LogP contribution in [0.25, 0.3) is 10.9 Å². The largest absolute Gasteiger partial charge is 0.364 e. The molecule has 1 heterocycles. The van der Waals surface area contributed by atoms with E-state index in [1.165, 1.54) is 18.2 Å². The maximum atomic E-state index is 12.8. The molecule has 0 saturated heterocycles. The van der Waals surface area contributed by atoms with Crippen LogP contribution in [-0.2, 0) is 0 Å². The molecule has 0 radical (unpaired) electrons. The van der Waals surface area contributed by atoms with Crippen LogP contribution in [0.1, 0.15) is 10.5 Å². The van der Waals surface area contributed by atoms with E-state index < -0.39 is 11.7 Å². The molecule has 1 aromatic heterocycles. The highest BCUT2D eigenvalue weighted by Crippen LogP contribution is 2.16. The minimum atomic E-state index is -0.670. The molecule has 4 nitrogen and oxygen atoms in total. The normalized spacial score (nSPS) is 10.5. The third kappa shape index (κ3) is 1.14. The molecule has 0 aliphatic heterocycles. The van der Waals surface area contributed by atoms with Gasteiger partial charge < -0.3 is 5.73 Å². The molecule has 13 heavy (non-hydrogen) atoms. The third-order valence-corrected chi connectivity index (χ3v) is 1.76. The Bertz CT molecular complexity index is 477. The first-order valence-electron chi connectivity index (χ1n) is 3.62. The summed E-state index contributed by atoms with van der Waals surface area (Å²) in [5, 5.41) is 6.66. The second-order valence-electron chi connectivity index (χ2n) is 2.63. The number of aromatic amines is 1. The van der Waals surface area contributed by atoms with Crippen LogP contribution in [0.2, 0.25) is 0 Å². The third-order valence-electron chi connectivity index (χ3n) is 1.76. The van der Waals surface area contributed by atoms with E-state index in [-0.39, 0.29) is 5.69 Å². The van der Waals surface area contributed by atoms with Crippen LogP contribution in [0.4, 0.5) is 4.39 Å². The molecule has 1 amide bonds. The predicted octanol–water partition coefficient (Wildman–Crippen LogP) is 0.801. The molecule has 2 aromatic rings. The first kappa shape index (κ1) is 7.72. The van der Waals surface area contributed by atoms with Crippen molar-refractivity contribution in [3.63, 3.8) is 0 Å². The molecule has 0 unspecified atom stereocenters. The Morgan fingerprint density at radius 3 is 3.00 bits per heavy atom. The van der Waals surface area contributed by atoms with Gasteiger partial charge in [0.15, 0.2) is 5.69 Å². The van der Waals surface area contributed by atoms with Gasteiger partial charge in [0.05, 0.1) is 5.52 Å². The molecular weight excluding hydrogens is 173 g/mol. The van der Waals surface area contributed by atoms with Crippen molar-refractivity contribution >= 4 is 16.8 Å². The van der Waals surface area contributed by atoms with Crippen LogP contribution in [0.15, 0.2) is 18.2 Å². The lowest BCUT2D eigenvalue weighted by Gasteiger charge is -1.90. The van der Waals surface area contributed by atoms with Crippen LogP contribution < -0.4 is 5.73 Å². The second kappa shape index (κ2) is 2.55. The van der Waals surface area contributed by atoms with Crippen molar-refractivity contribution < 1.29 is 9.18 Å². The Hall–Kier alpha value is -1.91. The minimum Gasteiger partial charge on any atom is -0.364 e. The highest BCUT2D eigenvalue weighted by molar-refractivity contribution is 6.03. The van der Waals surface area contributed by atoms with E-state index in [2.05, 4.69) is 10.2 Å². The van der Waals surface area contributed by atoms with Crippen molar-refractivity contribution in [3.8, 4) is 0 Å². The summed E-state index contributed by atoms with van der Waals surface area (Å²) in [5.41, 5.74) is 5.69. The molecule has 0 bridgehead atoms. The van der Waals surface area contributed by atoms with Crippen LogP contribution in [-0.4, -0.2) is 16.1 Å². The fraction of sp³-hybridized carbons (Fsp3) is 0. The van der Waals surface area contributed by atoms with Crippen LogP contribution in [0.3, 0.4) is 0 Å². The van der Waals surface area contributed by atoms with E-state index in [1.54, 1.807) is 0 Å². The van der Waals surface area contributed by atoms with Gasteiger partial charge in [-0.3, -0.25) is 9.89 Å². The molecule has 0 aliphatic rings. The molecule has 0 aliphatic carbocycles. The van der Waals surface area contributed by atoms with Crippen LogP contribution in [0.5, 0.6) is 0 Å². The van der Waals surface area contributed by atoms with Gasteiger partial charge in [0.25, 0.3) is 5.91 Å². The van der Waals surface area contributed by atoms with E-state index in [0.29, 0.717) is 10.9 Å². The van der Waals surface area contributed by atoms with E-state index >= 15 is 0 Å². The maximum Gasteiger partial charge on any atom is 0.269 e. The number of primary amides is 1. The summed E-state index contributed by atoms with van der Waals surface area (Å²) in [4.78, 5) is 10.8. The summed E-state index contributed by atoms with van der Waals surface area (Å²) in [7, 11) is 0. The topological polar surface area (TPSA) is 71.8 Å². The molecule has 0 atom stereocenters. The number of rotatable bonds is 1. The molecule has 0 spiro atoms. The zero-order valence-electron chi connectivity index (χ0n) is 6.54. The Morgan fingerprint density at radius 2 is 2.31 bits per heavy atom. The summed E-state index contributed by atoms with van der Waals surface area (Å²) >= 11 is 0. The quantitative estimate of drug-likeness (QED) is 0.679. The summed E-state index contributed by atoms with van der Waals surface area (Å²) in [6, 6.07) is 4.01. The van der Waals surface area contributed by atoms with Gasteiger partial charge in [-0.2, -0.15) is 5.10 Å². The number of carbonyl (C=O) groups excluding carboxylic acids is 1. The van der Waals surface area contributed by atoms with E-state index in [1.807, 2.05) is 0 Å². The number of benzene rings is 1. The Balaban J connectivity index is 2.79. The molecule has 3 N–H and O–H groups in total. The highest BCUT2D eigenvalue weighted by atomic mass is 19.1. The maximum absolute atomic E-state index is 12.8. The number of amides is 1. The van der Waals surface area contributed by atoms with Gasteiger partial charge >= 0.3 is 0 Å². The van der Waals surface area contributed by atoms with Crippen LogP contribution in [0, 0.1) is 5.82 Å². The van der Waals surface area contributed by atoms with Crippen molar-refractivity contribution in [2.75, 3.05) is 0 Å². The molecule has 0 saturated carbocycles. The SMILES string of the molecule is NC(=O)c1n[nH]c2ccc(F)cc12. The standard InChI is InChI=1S/C8H6FN3O/c9-4-1-2-6-5(3-4)7(8(10)13)12-11-6/h1-3H,(H2,10,13)(H,11,12). The van der Waals surface area contributed by atoms with E-state index in [0.717, 1.165) is 0 Å². The average molecular weight is 179 g/mol. The number of fused-ring (bicyclic) bond motifs is 1. The smallest absolute Gasteiger partial charge is 0.269 e. The van der Waals surface area contributed by atoms with Crippen molar-refractivity contribution in [3.05, 3.63) is 29.7 Å². The van der Waals surface area contributed by atoms with Gasteiger partial charge in [0, 0.05) is 5.39 Å². The first-order chi connectivity index (χ1) is 6.18. The van der Waals surface area contributed by atoms with Gasteiger partial charge in [-0.25, -0.2) is 4.39 Å². The molecule has 5 heteroatoms. The number of hydrogen-bond donors (Lipinski definition) is 2. The molecule has 2 rings (SSSR count). The Kier molecular flexibility index (Phi) is 1.51. The number of carbonyl (C=O) groups is 1. The summed E-state index contributed by atoms with van der Waals surface area (Å²) in [6.07, 6.45) is 0. The lowest BCUT2D eigenvalue weighted by atomic mass is 10.2. The van der Waals surface area contributed by atoms with Gasteiger partial charge in [0.2, 0.25) is 0 Å². The Morgan fingerprint density at radius 1 is 1.54 bits per heavy atom. The molecule has 1 aromatic carbocycles. The average Bonchev–Trinajstić information content (AvgIpc) is 2.46. The second-order valence-corrected chi connectivity index (χ2v) is 2.63. The number of nitrogens with zero attached hydrogens (tertiary/aromatic N) is 1. The zero-order valence-corrected chi connectivity index (χ0v) is 6.54. The van der Waals surface area contributed by atoms with Crippen molar-refractivity contribution in [1.29, 1.82) is 0 Å². The van der Waals surface area contributed by atoms with Crippen LogP contribution >= 0.6 is 0 Å². The van der Waals surface area contributed by atoms with Crippen molar-refractivity contribution in [2.45, 2.75) is 0 Å². The number of aromatic nitrogens is 2. The minimum absolute atomic E-state index is 0.0644. The van der Waals surface area contributed by atoms with Gasteiger partial charge in [0.1, 0.15) is 5.82 Å². The monoisotopic (exact) mass is 179 g/mol. The van der Waals surface area contributed by atoms with Gasteiger partial charge in [-0.1, -0.05) is 0 Å². The van der Waals surface area contributed by atoms with E-state index in [9.17, 15) is 9.18 Å². The Labute approximate surface area is 72.5 Å². The van der Waals surface area contributed by atoms with Crippen molar-refractivity contribution in [2.24, 2.45) is 5.73 Å².